The maximum absolute atomic E-state index is 5.89. The fourth-order valence-electron chi connectivity index (χ4n) is 2.88. The van der Waals surface area contributed by atoms with E-state index in [4.69, 9.17) is 18.6 Å². The normalized spacial score (nSPS) is 15.0. The van der Waals surface area contributed by atoms with E-state index in [-0.39, 0.29) is 0 Å². The third kappa shape index (κ3) is 4.86. The first-order valence-corrected chi connectivity index (χ1v) is 9.31. The van der Waals surface area contributed by atoms with Gasteiger partial charge in [0.05, 0.1) is 13.7 Å². The number of benzene rings is 2. The van der Waals surface area contributed by atoms with E-state index in [1.54, 1.807) is 13.4 Å². The summed E-state index contributed by atoms with van der Waals surface area (Å²) in [4.78, 5) is 4.48. The van der Waals surface area contributed by atoms with E-state index in [0.29, 0.717) is 43.0 Å². The molecule has 3 aromatic rings. The zero-order chi connectivity index (χ0) is 19.9. The van der Waals surface area contributed by atoms with Gasteiger partial charge in [0.1, 0.15) is 25.3 Å². The van der Waals surface area contributed by atoms with Crippen molar-refractivity contribution in [2.24, 2.45) is 0 Å². The molecule has 6 heteroatoms. The van der Waals surface area contributed by atoms with Crippen molar-refractivity contribution in [3.8, 4) is 23.0 Å². The van der Waals surface area contributed by atoms with E-state index in [0.717, 1.165) is 16.8 Å². The molecule has 4 rings (SSSR count). The third-order valence-corrected chi connectivity index (χ3v) is 4.38. The van der Waals surface area contributed by atoms with Crippen molar-refractivity contribution in [3.05, 3.63) is 83.9 Å². The number of methoxy groups -OCH3 is 1. The van der Waals surface area contributed by atoms with Gasteiger partial charge in [0, 0.05) is 11.3 Å². The quantitative estimate of drug-likeness (QED) is 0.645. The van der Waals surface area contributed by atoms with Crippen LogP contribution in [0, 0.1) is 0 Å². The van der Waals surface area contributed by atoms with Crippen molar-refractivity contribution in [3.63, 3.8) is 0 Å². The van der Waals surface area contributed by atoms with Crippen LogP contribution in [0.4, 0.5) is 0 Å². The molecule has 0 aliphatic carbocycles. The summed E-state index contributed by atoms with van der Waals surface area (Å²) < 4.78 is 22.2. The van der Waals surface area contributed by atoms with Crippen LogP contribution in [-0.2, 0) is 11.3 Å². The molecule has 148 valence electrons. The lowest BCUT2D eigenvalue weighted by Gasteiger charge is -2.10. The molecule has 1 aromatic heterocycles. The molecule has 0 radical (unpaired) electrons. The topological polar surface area (TPSA) is 65.8 Å². The highest BCUT2D eigenvalue weighted by molar-refractivity contribution is 5.57. The Balaban J connectivity index is 1.40. The molecule has 29 heavy (non-hydrogen) atoms. The highest BCUT2D eigenvalue weighted by Crippen LogP contribution is 2.29. The number of ether oxygens (including phenoxy) is 3. The summed E-state index contributed by atoms with van der Waals surface area (Å²) in [6.45, 7) is 1.48. The van der Waals surface area contributed by atoms with Crippen molar-refractivity contribution in [2.75, 3.05) is 20.4 Å². The maximum atomic E-state index is 5.89. The average Bonchev–Trinajstić information content (AvgIpc) is 3.45. The number of hydrogen-bond donors (Lipinski definition) is 1. The lowest BCUT2D eigenvalue weighted by Crippen LogP contribution is -2.03. The van der Waals surface area contributed by atoms with Gasteiger partial charge in [0.2, 0.25) is 5.89 Å². The molecular weight excluding hydrogens is 368 g/mol. The molecule has 0 spiro atoms. The minimum atomic E-state index is 0.291. The molecule has 1 saturated heterocycles. The Morgan fingerprint density at radius 2 is 2.03 bits per heavy atom. The smallest absolute Gasteiger partial charge is 0.226 e. The van der Waals surface area contributed by atoms with Crippen molar-refractivity contribution in [1.82, 2.24) is 10.3 Å². The number of allylic oxidation sites excluding steroid dienone is 2. The van der Waals surface area contributed by atoms with Crippen molar-refractivity contribution >= 4 is 6.08 Å². The summed E-state index contributed by atoms with van der Waals surface area (Å²) >= 11 is 0. The van der Waals surface area contributed by atoms with Gasteiger partial charge in [0.25, 0.3) is 0 Å². The van der Waals surface area contributed by atoms with Crippen molar-refractivity contribution in [1.29, 1.82) is 0 Å². The van der Waals surface area contributed by atoms with Crippen LogP contribution in [0.2, 0.25) is 0 Å². The summed E-state index contributed by atoms with van der Waals surface area (Å²) in [6, 6.07) is 15.6. The first kappa shape index (κ1) is 18.8. The van der Waals surface area contributed by atoms with Crippen molar-refractivity contribution in [2.45, 2.75) is 6.61 Å². The maximum Gasteiger partial charge on any atom is 0.226 e. The zero-order valence-corrected chi connectivity index (χ0v) is 16.1. The van der Waals surface area contributed by atoms with Gasteiger partial charge in [-0.25, -0.2) is 4.98 Å². The van der Waals surface area contributed by atoms with Crippen LogP contribution >= 0.6 is 0 Å². The van der Waals surface area contributed by atoms with E-state index in [9.17, 15) is 0 Å². The zero-order valence-electron chi connectivity index (χ0n) is 16.1. The van der Waals surface area contributed by atoms with Crippen LogP contribution in [-0.4, -0.2) is 25.4 Å². The predicted octanol–water partition coefficient (Wildman–Crippen LogP) is 4.40. The molecule has 0 amide bonds. The van der Waals surface area contributed by atoms with Crippen molar-refractivity contribution < 1.29 is 18.6 Å². The van der Waals surface area contributed by atoms with Gasteiger partial charge in [-0.3, -0.25) is 0 Å². The van der Waals surface area contributed by atoms with Crippen LogP contribution < -0.4 is 14.8 Å². The van der Waals surface area contributed by atoms with Crippen LogP contribution in [0.3, 0.4) is 0 Å². The second-order valence-electron chi connectivity index (χ2n) is 6.43. The molecule has 1 aliphatic rings. The van der Waals surface area contributed by atoms with Crippen LogP contribution in [0.15, 0.2) is 77.1 Å². The number of nitrogens with zero attached hydrogens (tertiary/aromatic N) is 1. The van der Waals surface area contributed by atoms with E-state index < -0.39 is 0 Å². The largest absolute Gasteiger partial charge is 0.493 e. The molecule has 0 bridgehead atoms. The molecule has 6 nitrogen and oxygen atoms in total. The first-order chi connectivity index (χ1) is 14.3. The minimum Gasteiger partial charge on any atom is -0.493 e. The summed E-state index contributed by atoms with van der Waals surface area (Å²) in [5.41, 5.74) is 3.73. The van der Waals surface area contributed by atoms with E-state index in [2.05, 4.69) is 10.3 Å². The second-order valence-corrected chi connectivity index (χ2v) is 6.43. The van der Waals surface area contributed by atoms with Gasteiger partial charge in [-0.2, -0.15) is 0 Å². The first-order valence-electron chi connectivity index (χ1n) is 9.31. The van der Waals surface area contributed by atoms with Crippen LogP contribution in [0.1, 0.15) is 11.3 Å². The van der Waals surface area contributed by atoms with Gasteiger partial charge in [-0.15, -0.1) is 0 Å². The second kappa shape index (κ2) is 9.12. The molecule has 2 aromatic carbocycles. The molecule has 0 atom stereocenters. The number of aromatic nitrogens is 1. The molecule has 1 fully saturated rings. The Hall–Kier alpha value is -3.51. The lowest BCUT2D eigenvalue weighted by atomic mass is 10.2. The molecule has 0 saturated carbocycles. The SMILES string of the molecule is COc1cc(C=CC=C2COCN2)ccc1OCc1coc(-c2ccccc2)n1. The number of hydrogen-bond acceptors (Lipinski definition) is 6. The Bertz CT molecular complexity index is 1000. The monoisotopic (exact) mass is 390 g/mol. The summed E-state index contributed by atoms with van der Waals surface area (Å²) in [5, 5.41) is 3.15. The fraction of sp³-hybridized carbons (Fsp3) is 0.174. The Morgan fingerprint density at radius 3 is 2.83 bits per heavy atom. The van der Waals surface area contributed by atoms with Crippen LogP contribution in [0.25, 0.3) is 17.5 Å². The van der Waals surface area contributed by atoms with Gasteiger partial charge in [-0.05, 0) is 35.9 Å². The number of nitrogens with one attached hydrogen (secondary N) is 1. The fourth-order valence-corrected chi connectivity index (χ4v) is 2.88. The summed E-state index contributed by atoms with van der Waals surface area (Å²) in [5.74, 6) is 1.89. The molecule has 1 aliphatic heterocycles. The molecule has 2 heterocycles. The molecule has 1 N–H and O–H groups in total. The van der Waals surface area contributed by atoms with E-state index in [1.165, 1.54) is 0 Å². The molecular formula is C23H22N2O4. The summed E-state index contributed by atoms with van der Waals surface area (Å²) in [6.07, 6.45) is 7.59. The van der Waals surface area contributed by atoms with Gasteiger partial charge in [0.15, 0.2) is 11.5 Å². The minimum absolute atomic E-state index is 0.291. The molecule has 0 unspecified atom stereocenters. The standard InChI is InChI=1S/C23H22N2O4/c1-26-22-12-17(6-5-9-19-13-27-16-24-19)10-11-21(22)28-14-20-15-29-23(25-20)18-7-3-2-4-8-18/h2-12,15,24H,13-14,16H2,1H3. The van der Waals surface area contributed by atoms with Crippen LogP contribution in [0.5, 0.6) is 11.5 Å². The van der Waals surface area contributed by atoms with E-state index >= 15 is 0 Å². The Morgan fingerprint density at radius 1 is 1.14 bits per heavy atom. The lowest BCUT2D eigenvalue weighted by molar-refractivity contribution is 0.197. The third-order valence-electron chi connectivity index (χ3n) is 4.38. The predicted molar refractivity (Wildman–Crippen MR) is 110 cm³/mol. The highest BCUT2D eigenvalue weighted by atomic mass is 16.5. The Kier molecular flexibility index (Phi) is 5.92. The average molecular weight is 390 g/mol. The van der Waals surface area contributed by atoms with E-state index in [1.807, 2.05) is 66.8 Å². The van der Waals surface area contributed by atoms with Gasteiger partial charge < -0.3 is 23.9 Å². The van der Waals surface area contributed by atoms with Gasteiger partial charge >= 0.3 is 0 Å². The highest BCUT2D eigenvalue weighted by Gasteiger charge is 2.09. The summed E-state index contributed by atoms with van der Waals surface area (Å²) in [7, 11) is 1.63. The van der Waals surface area contributed by atoms with Gasteiger partial charge in [-0.1, -0.05) is 36.4 Å². The number of rotatable bonds is 7. The Labute approximate surface area is 169 Å². The number of oxazole rings is 1.